The van der Waals surface area contributed by atoms with E-state index in [0.717, 1.165) is 85.9 Å². The molecule has 11 nitrogen and oxygen atoms in total. The minimum Gasteiger partial charge on any atom is -0.355 e. The van der Waals surface area contributed by atoms with E-state index in [4.69, 9.17) is 0 Å². The van der Waals surface area contributed by atoms with E-state index < -0.39 is 22.9 Å². The van der Waals surface area contributed by atoms with Crippen molar-refractivity contribution in [1.29, 1.82) is 0 Å². The van der Waals surface area contributed by atoms with E-state index in [-0.39, 0.29) is 35.6 Å². The molecule has 0 bridgehead atoms. The second-order valence-corrected chi connectivity index (χ2v) is 17.1. The van der Waals surface area contributed by atoms with Crippen LogP contribution in [0.2, 0.25) is 0 Å². The monoisotopic (exact) mass is 804 g/mol. The molecule has 1 unspecified atom stereocenters. The first-order chi connectivity index (χ1) is 29.2. The van der Waals surface area contributed by atoms with Crippen LogP contribution in [-0.2, 0) is 37.6 Å². The fourth-order valence-corrected chi connectivity index (χ4v) is 11.0. The number of carbonyl (C=O) groups is 5. The summed E-state index contributed by atoms with van der Waals surface area (Å²) >= 11 is 0. The number of nitrogens with one attached hydrogen (secondary N) is 5. The van der Waals surface area contributed by atoms with Gasteiger partial charge in [-0.25, -0.2) is 0 Å². The first-order valence-corrected chi connectivity index (χ1v) is 21.5. The molecule has 4 aliphatic heterocycles. The number of piperidine rings is 1. The number of aryl methyl sites for hydroxylation is 1. The van der Waals surface area contributed by atoms with Gasteiger partial charge in [0.15, 0.2) is 0 Å². The number of carbonyl (C=O) groups excluding carboxylic acids is 5. The minimum atomic E-state index is -0.964. The molecule has 0 radical (unpaired) electrons. The fourth-order valence-electron chi connectivity index (χ4n) is 11.0. The van der Waals surface area contributed by atoms with E-state index >= 15 is 0 Å². The van der Waals surface area contributed by atoms with E-state index in [2.05, 4.69) is 51.4 Å². The van der Waals surface area contributed by atoms with Gasteiger partial charge in [-0.15, -0.1) is 0 Å². The smallest absolute Gasteiger partial charge is 0.251 e. The number of hydrogen-bond donors (Lipinski definition) is 5. The van der Waals surface area contributed by atoms with Crippen molar-refractivity contribution in [1.82, 2.24) is 20.9 Å². The summed E-state index contributed by atoms with van der Waals surface area (Å²) in [6.07, 6.45) is 9.05. The van der Waals surface area contributed by atoms with Crippen molar-refractivity contribution in [3.05, 3.63) is 137 Å². The molecule has 3 fully saturated rings. The van der Waals surface area contributed by atoms with E-state index in [0.29, 0.717) is 37.2 Å². The van der Waals surface area contributed by atoms with Crippen molar-refractivity contribution in [3.63, 3.8) is 0 Å². The summed E-state index contributed by atoms with van der Waals surface area (Å²) in [5.74, 6) is -1.36. The third kappa shape index (κ3) is 6.78. The van der Waals surface area contributed by atoms with E-state index in [1.807, 2.05) is 59.5 Å². The Morgan fingerprint density at radius 2 is 1.58 bits per heavy atom. The molecule has 308 valence electrons. The lowest BCUT2D eigenvalue weighted by molar-refractivity contribution is -0.136. The molecule has 60 heavy (non-hydrogen) atoms. The van der Waals surface area contributed by atoms with Gasteiger partial charge in [0.05, 0.1) is 6.04 Å². The molecule has 4 aromatic rings. The Morgan fingerprint density at radius 3 is 2.37 bits per heavy atom. The van der Waals surface area contributed by atoms with Crippen LogP contribution in [0.15, 0.2) is 104 Å². The summed E-state index contributed by atoms with van der Waals surface area (Å²) in [6.45, 7) is 5.43. The summed E-state index contributed by atoms with van der Waals surface area (Å²) in [5, 5.41) is 15.7. The van der Waals surface area contributed by atoms with Crippen molar-refractivity contribution in [2.75, 3.05) is 17.2 Å². The van der Waals surface area contributed by atoms with Gasteiger partial charge in [0.1, 0.15) is 11.5 Å². The zero-order valence-electron chi connectivity index (χ0n) is 33.9. The topological polar surface area (TPSA) is 149 Å². The van der Waals surface area contributed by atoms with Crippen molar-refractivity contribution in [3.8, 4) is 0 Å². The Labute approximate surface area is 350 Å². The maximum absolute atomic E-state index is 14.5. The lowest BCUT2D eigenvalue weighted by Crippen LogP contribution is -2.60. The first-order valence-electron chi connectivity index (χ1n) is 21.5. The number of fused-ring (bicyclic) bond motifs is 4. The van der Waals surface area contributed by atoms with Crippen LogP contribution in [0.25, 0.3) is 5.70 Å². The highest BCUT2D eigenvalue weighted by Crippen LogP contribution is 2.62. The number of nitrogens with zero attached hydrogens (tertiary/aromatic N) is 1. The van der Waals surface area contributed by atoms with Crippen molar-refractivity contribution >= 4 is 46.6 Å². The molecule has 1 aliphatic carbocycles. The van der Waals surface area contributed by atoms with Crippen LogP contribution in [0.1, 0.15) is 108 Å². The SMILES string of the molecule is C=C1c2cccc(CCCCCNC(=O)c3ccc(NC(=O)[C@@H]4NC5(CCCCC5)[C@@]5(C(=O)Nc6ccccc65)[C@H]4c4ccccc4)cc3)c2CN1C1CCC(=O)NC1=O. The van der Waals surface area contributed by atoms with Crippen LogP contribution in [-0.4, -0.2) is 58.6 Å². The zero-order valence-corrected chi connectivity index (χ0v) is 33.9. The molecule has 11 heteroatoms. The summed E-state index contributed by atoms with van der Waals surface area (Å²) in [4.78, 5) is 68.4. The third-order valence-corrected chi connectivity index (χ3v) is 13.8. The van der Waals surface area contributed by atoms with Crippen molar-refractivity contribution in [2.45, 2.75) is 106 Å². The zero-order chi connectivity index (χ0) is 41.4. The summed E-state index contributed by atoms with van der Waals surface area (Å²) < 4.78 is 0. The quantitative estimate of drug-likeness (QED) is 0.0837. The average Bonchev–Trinajstić information content (AvgIpc) is 3.87. The number of amides is 5. The van der Waals surface area contributed by atoms with Crippen molar-refractivity contribution < 1.29 is 24.0 Å². The fraction of sp³-hybridized carbons (Fsp3) is 0.367. The Balaban J connectivity index is 0.810. The normalized spacial score (nSPS) is 23.9. The highest BCUT2D eigenvalue weighted by molar-refractivity contribution is 6.10. The lowest BCUT2D eigenvalue weighted by atomic mass is 9.55. The summed E-state index contributed by atoms with van der Waals surface area (Å²) in [5.41, 5.74) is 6.56. The van der Waals surface area contributed by atoms with E-state index in [9.17, 15) is 24.0 Å². The third-order valence-electron chi connectivity index (χ3n) is 13.8. The number of para-hydroxylation sites is 1. The average molecular weight is 805 g/mol. The second kappa shape index (κ2) is 16.2. The van der Waals surface area contributed by atoms with Gasteiger partial charge in [0, 0.05) is 59.2 Å². The van der Waals surface area contributed by atoms with E-state index in [1.54, 1.807) is 24.3 Å². The molecular weight excluding hydrogens is 753 g/mol. The Morgan fingerprint density at radius 1 is 0.817 bits per heavy atom. The Hall–Kier alpha value is -6.07. The molecule has 9 rings (SSSR count). The first kappa shape index (κ1) is 39.4. The van der Waals surface area contributed by atoms with Gasteiger partial charge in [0.2, 0.25) is 23.6 Å². The lowest BCUT2D eigenvalue weighted by Gasteiger charge is -2.47. The highest BCUT2D eigenvalue weighted by Gasteiger charge is 2.71. The van der Waals surface area contributed by atoms with Gasteiger partial charge in [-0.05, 0) is 91.1 Å². The summed E-state index contributed by atoms with van der Waals surface area (Å²) in [6, 6.07) is 30.1. The molecule has 2 saturated heterocycles. The van der Waals surface area contributed by atoms with Gasteiger partial charge in [-0.1, -0.05) is 99.0 Å². The maximum atomic E-state index is 14.5. The molecule has 5 amide bonds. The number of anilines is 2. The molecule has 0 aromatic heterocycles. The number of hydrogen-bond acceptors (Lipinski definition) is 7. The molecule has 4 aromatic carbocycles. The number of rotatable bonds is 11. The van der Waals surface area contributed by atoms with Crippen LogP contribution in [0.4, 0.5) is 11.4 Å². The standard InChI is InChI=1S/C49H52N6O5/c1-31-36-18-13-17-32(37(36)30-55(31)40-25-26-41(56)53-45(40)58)14-7-3-12-29-50-44(57)34-21-23-35(24-22-34)51-46(59)43-42(33-15-5-2-6-16-33)49(48(54-43)27-10-4-11-28-48)38-19-8-9-20-39(38)52-47(49)60/h2,5-6,8-9,13,15-24,40,42-43,54H,1,3-4,7,10-12,14,25-30H2,(H,50,57)(H,51,59)(H,52,60)(H,53,56,58)/t40?,42-,43+,49+/m0/s1. The number of benzene rings is 4. The van der Waals surface area contributed by atoms with Crippen LogP contribution in [0.3, 0.4) is 0 Å². The van der Waals surface area contributed by atoms with Gasteiger partial charge in [-0.2, -0.15) is 0 Å². The largest absolute Gasteiger partial charge is 0.355 e. The van der Waals surface area contributed by atoms with Gasteiger partial charge >= 0.3 is 0 Å². The van der Waals surface area contributed by atoms with E-state index in [1.165, 1.54) is 11.1 Å². The number of unbranched alkanes of at least 4 members (excludes halogenated alkanes) is 2. The van der Waals surface area contributed by atoms with Gasteiger partial charge in [-0.3, -0.25) is 34.6 Å². The van der Waals surface area contributed by atoms with Gasteiger partial charge in [0.25, 0.3) is 5.91 Å². The molecular formula is C49H52N6O5. The second-order valence-electron chi connectivity index (χ2n) is 17.1. The highest BCUT2D eigenvalue weighted by atomic mass is 16.2. The molecule has 5 aliphatic rings. The Bertz CT molecular complexity index is 2360. The molecule has 4 atom stereocenters. The molecule has 1 saturated carbocycles. The minimum absolute atomic E-state index is 0.0521. The van der Waals surface area contributed by atoms with Crippen molar-refractivity contribution in [2.24, 2.45) is 0 Å². The predicted octanol–water partition coefficient (Wildman–Crippen LogP) is 6.71. The molecule has 5 N–H and O–H groups in total. The van der Waals surface area contributed by atoms with Crippen LogP contribution in [0.5, 0.6) is 0 Å². The predicted molar refractivity (Wildman–Crippen MR) is 231 cm³/mol. The molecule has 4 heterocycles. The Kier molecular flexibility index (Phi) is 10.6. The number of imide groups is 1. The van der Waals surface area contributed by atoms with Crippen LogP contribution < -0.4 is 26.6 Å². The summed E-state index contributed by atoms with van der Waals surface area (Å²) in [7, 11) is 0. The van der Waals surface area contributed by atoms with Crippen LogP contribution >= 0.6 is 0 Å². The van der Waals surface area contributed by atoms with Crippen LogP contribution in [0, 0.1) is 0 Å². The maximum Gasteiger partial charge on any atom is 0.251 e. The molecule has 2 spiro atoms. The van der Waals surface area contributed by atoms with Gasteiger partial charge < -0.3 is 20.9 Å².